The van der Waals surface area contributed by atoms with Crippen molar-refractivity contribution in [2.24, 2.45) is 5.92 Å². The fraction of sp³-hybridized carbons (Fsp3) is 0.696. The molecular weight excluding hydrogens is 448 g/mol. The predicted octanol–water partition coefficient (Wildman–Crippen LogP) is 3.56. The second-order valence-electron chi connectivity index (χ2n) is 9.70. The number of aryl methyl sites for hydroxylation is 1. The third kappa shape index (κ3) is 5.54. The zero-order valence-corrected chi connectivity index (χ0v) is 19.8. The molecule has 10 heteroatoms. The standard InChI is InChI=1S/C23H31F2N5O2S/c1-15-26-11-18(32-15)10-21(31)27-17-4-2-16(3-5-17)6-8-29-9-7-20-19(12-29)28-22(33-20)30-13-23(24,25)14-30/h11,16-17H,2-10,12-14H2,1H3,(H,27,31)/t16-,17-. The lowest BCUT2D eigenvalue weighted by molar-refractivity contribution is -0.121. The van der Waals surface area contributed by atoms with E-state index in [4.69, 9.17) is 4.42 Å². The first-order chi connectivity index (χ1) is 15.8. The van der Waals surface area contributed by atoms with Crippen LogP contribution < -0.4 is 10.2 Å². The maximum absolute atomic E-state index is 13.2. The molecule has 1 N–H and O–H groups in total. The van der Waals surface area contributed by atoms with E-state index >= 15 is 0 Å². The number of hydrogen-bond donors (Lipinski definition) is 1. The number of carbonyl (C=O) groups is 1. The monoisotopic (exact) mass is 479 g/mol. The number of rotatable bonds is 7. The van der Waals surface area contributed by atoms with Crippen molar-refractivity contribution in [2.75, 3.05) is 31.1 Å². The Morgan fingerprint density at radius 3 is 2.79 bits per heavy atom. The number of aromatic nitrogens is 2. The smallest absolute Gasteiger partial charge is 0.282 e. The number of nitrogens with zero attached hydrogens (tertiary/aromatic N) is 4. The molecule has 2 aromatic rings. The highest BCUT2D eigenvalue weighted by Gasteiger charge is 2.45. The lowest BCUT2D eigenvalue weighted by Crippen LogP contribution is -2.56. The molecule has 1 amide bonds. The quantitative estimate of drug-likeness (QED) is 0.655. The third-order valence-electron chi connectivity index (χ3n) is 6.98. The Bertz CT molecular complexity index is 977. The average Bonchev–Trinajstić information content (AvgIpc) is 3.36. The van der Waals surface area contributed by atoms with Crippen LogP contribution >= 0.6 is 11.3 Å². The highest BCUT2D eigenvalue weighted by molar-refractivity contribution is 7.15. The summed E-state index contributed by atoms with van der Waals surface area (Å²) in [6.07, 6.45) is 8.29. The van der Waals surface area contributed by atoms with Crippen molar-refractivity contribution in [3.8, 4) is 0 Å². The van der Waals surface area contributed by atoms with Crippen molar-refractivity contribution >= 4 is 22.4 Å². The van der Waals surface area contributed by atoms with Gasteiger partial charge in [0.05, 0.1) is 31.4 Å². The number of fused-ring (bicyclic) bond motifs is 1. The van der Waals surface area contributed by atoms with Crippen LogP contribution in [0.3, 0.4) is 0 Å². The SMILES string of the molecule is Cc1ncc(CC(=O)N[C@H]2CC[C@H](CCN3CCc4sc(N5CC(F)(F)C5)nc4C3)CC2)o1. The van der Waals surface area contributed by atoms with Gasteiger partial charge in [0.2, 0.25) is 5.91 Å². The summed E-state index contributed by atoms with van der Waals surface area (Å²) in [5.41, 5.74) is 1.07. The van der Waals surface area contributed by atoms with Gasteiger partial charge >= 0.3 is 0 Å². The highest BCUT2D eigenvalue weighted by Crippen LogP contribution is 2.37. The van der Waals surface area contributed by atoms with Crippen molar-refractivity contribution in [2.45, 2.75) is 70.4 Å². The maximum atomic E-state index is 13.2. The van der Waals surface area contributed by atoms with Crippen LogP contribution in [0.15, 0.2) is 10.6 Å². The van der Waals surface area contributed by atoms with E-state index in [0.29, 0.717) is 17.6 Å². The van der Waals surface area contributed by atoms with Crippen molar-refractivity contribution in [3.05, 3.63) is 28.4 Å². The molecular formula is C23H31F2N5O2S. The molecule has 2 aromatic heterocycles. The summed E-state index contributed by atoms with van der Waals surface area (Å²) < 4.78 is 31.7. The van der Waals surface area contributed by atoms with Gasteiger partial charge in [-0.2, -0.15) is 0 Å². The Morgan fingerprint density at radius 1 is 1.30 bits per heavy atom. The van der Waals surface area contributed by atoms with Crippen LogP contribution in [0.4, 0.5) is 13.9 Å². The number of carbonyl (C=O) groups excluding carboxylic acids is 1. The van der Waals surface area contributed by atoms with E-state index < -0.39 is 5.92 Å². The van der Waals surface area contributed by atoms with E-state index in [9.17, 15) is 13.6 Å². The van der Waals surface area contributed by atoms with Gasteiger partial charge in [0.25, 0.3) is 5.92 Å². The lowest BCUT2D eigenvalue weighted by Gasteiger charge is -2.38. The van der Waals surface area contributed by atoms with Crippen molar-refractivity contribution in [1.29, 1.82) is 0 Å². The Balaban J connectivity index is 1.02. The van der Waals surface area contributed by atoms with Crippen LogP contribution in [-0.2, 0) is 24.2 Å². The molecule has 0 radical (unpaired) electrons. The summed E-state index contributed by atoms with van der Waals surface area (Å²) in [5.74, 6) is -0.678. The Labute approximate surface area is 196 Å². The molecule has 2 fully saturated rings. The zero-order valence-electron chi connectivity index (χ0n) is 19.0. The summed E-state index contributed by atoms with van der Waals surface area (Å²) >= 11 is 1.59. The Morgan fingerprint density at radius 2 is 2.09 bits per heavy atom. The van der Waals surface area contributed by atoms with Gasteiger partial charge in [-0.15, -0.1) is 11.3 Å². The van der Waals surface area contributed by atoms with Gasteiger partial charge in [0.15, 0.2) is 11.0 Å². The van der Waals surface area contributed by atoms with E-state index in [1.54, 1.807) is 29.4 Å². The number of alkyl halides is 2. The molecule has 0 bridgehead atoms. The highest BCUT2D eigenvalue weighted by atomic mass is 32.1. The van der Waals surface area contributed by atoms with Crippen molar-refractivity contribution in [1.82, 2.24) is 20.2 Å². The molecule has 33 heavy (non-hydrogen) atoms. The third-order valence-corrected chi connectivity index (χ3v) is 8.20. The fourth-order valence-corrected chi connectivity index (χ4v) is 6.15. The topological polar surface area (TPSA) is 74.5 Å². The van der Waals surface area contributed by atoms with E-state index in [0.717, 1.165) is 69.0 Å². The second kappa shape index (κ2) is 9.29. The largest absolute Gasteiger partial charge is 0.446 e. The van der Waals surface area contributed by atoms with Gasteiger partial charge in [-0.25, -0.2) is 18.7 Å². The molecule has 1 aliphatic carbocycles. The predicted molar refractivity (Wildman–Crippen MR) is 122 cm³/mol. The van der Waals surface area contributed by atoms with Gasteiger partial charge in [-0.1, -0.05) is 0 Å². The molecule has 2 aliphatic heterocycles. The van der Waals surface area contributed by atoms with Crippen molar-refractivity contribution < 1.29 is 18.0 Å². The normalized spacial score (nSPS) is 24.9. The molecule has 0 spiro atoms. The Kier molecular flexibility index (Phi) is 6.39. The van der Waals surface area contributed by atoms with Gasteiger partial charge in [0, 0.05) is 30.9 Å². The summed E-state index contributed by atoms with van der Waals surface area (Å²) in [5, 5.41) is 3.90. The van der Waals surface area contributed by atoms with Gasteiger partial charge in [0.1, 0.15) is 5.76 Å². The second-order valence-corrected chi connectivity index (χ2v) is 10.8. The number of hydrogen-bond acceptors (Lipinski definition) is 7. The molecule has 0 atom stereocenters. The number of nitrogens with one attached hydrogen (secondary N) is 1. The molecule has 5 rings (SSSR count). The van der Waals surface area contributed by atoms with E-state index in [-0.39, 0.29) is 31.5 Å². The summed E-state index contributed by atoms with van der Waals surface area (Å²) in [6, 6.07) is 0.248. The summed E-state index contributed by atoms with van der Waals surface area (Å²) in [6.45, 7) is 4.25. The van der Waals surface area contributed by atoms with Gasteiger partial charge < -0.3 is 14.6 Å². The van der Waals surface area contributed by atoms with Gasteiger partial charge in [-0.3, -0.25) is 9.69 Å². The van der Waals surface area contributed by atoms with Crippen LogP contribution in [0, 0.1) is 12.8 Å². The van der Waals surface area contributed by atoms with Crippen LogP contribution in [-0.4, -0.2) is 58.9 Å². The first-order valence-electron chi connectivity index (χ1n) is 11.9. The summed E-state index contributed by atoms with van der Waals surface area (Å²) in [7, 11) is 0. The number of amides is 1. The lowest BCUT2D eigenvalue weighted by atomic mass is 9.84. The van der Waals surface area contributed by atoms with Crippen LogP contribution in [0.25, 0.3) is 0 Å². The maximum Gasteiger partial charge on any atom is 0.282 e. The Hall–Kier alpha value is -2.07. The molecule has 7 nitrogen and oxygen atoms in total. The van der Waals surface area contributed by atoms with Crippen LogP contribution in [0.5, 0.6) is 0 Å². The van der Waals surface area contributed by atoms with Gasteiger partial charge in [-0.05, 0) is 51.0 Å². The molecule has 0 unspecified atom stereocenters. The van der Waals surface area contributed by atoms with Crippen molar-refractivity contribution in [3.63, 3.8) is 0 Å². The molecule has 3 aliphatic rings. The minimum absolute atomic E-state index is 0.00306. The average molecular weight is 480 g/mol. The fourth-order valence-electron chi connectivity index (χ4n) is 5.10. The number of anilines is 1. The van der Waals surface area contributed by atoms with E-state index in [2.05, 4.69) is 20.2 Å². The minimum atomic E-state index is -2.56. The van der Waals surface area contributed by atoms with E-state index in [1.165, 1.54) is 4.88 Å². The zero-order chi connectivity index (χ0) is 23.0. The molecule has 0 aromatic carbocycles. The molecule has 4 heterocycles. The summed E-state index contributed by atoms with van der Waals surface area (Å²) in [4.78, 5) is 26.4. The number of thiazole rings is 1. The number of halogens is 2. The molecule has 1 saturated carbocycles. The van der Waals surface area contributed by atoms with E-state index in [1.807, 2.05) is 0 Å². The first-order valence-corrected chi connectivity index (χ1v) is 12.7. The van der Waals surface area contributed by atoms with Crippen LogP contribution in [0.2, 0.25) is 0 Å². The first kappa shape index (κ1) is 22.7. The molecule has 1 saturated heterocycles. The minimum Gasteiger partial charge on any atom is -0.446 e. The number of oxazole rings is 1. The molecule has 180 valence electrons. The van der Waals surface area contributed by atoms with Crippen LogP contribution in [0.1, 0.15) is 54.3 Å².